The molecule has 2 aliphatic carbocycles. The van der Waals surface area contributed by atoms with Crippen LogP contribution in [0.5, 0.6) is 0 Å². The lowest BCUT2D eigenvalue weighted by molar-refractivity contribution is -0.137. The summed E-state index contributed by atoms with van der Waals surface area (Å²) in [5.74, 6) is 1.04. The molecule has 2 N–H and O–H groups in total. The first-order valence-corrected chi connectivity index (χ1v) is 7.41. The van der Waals surface area contributed by atoms with Crippen molar-refractivity contribution in [2.24, 2.45) is 17.8 Å². The minimum atomic E-state index is -0.823. The molecule has 20 heavy (non-hydrogen) atoms. The number of fused-ring (bicyclic) bond motifs is 1. The fraction of sp³-hybridized carbons (Fsp3) is 0.857. The van der Waals surface area contributed by atoms with Crippen molar-refractivity contribution in [3.8, 4) is 0 Å². The number of carboxylic acids is 1. The van der Waals surface area contributed by atoms with Crippen LogP contribution in [0.25, 0.3) is 0 Å². The normalized spacial score (nSPS) is 37.5. The summed E-state index contributed by atoms with van der Waals surface area (Å²) in [5.41, 5.74) is 0. The average molecular weight is 282 g/mol. The molecule has 6 heteroatoms. The monoisotopic (exact) mass is 282 g/mol. The number of nitrogens with one attached hydrogen (secondary N) is 1. The van der Waals surface area contributed by atoms with E-state index >= 15 is 0 Å². The van der Waals surface area contributed by atoms with Gasteiger partial charge in [-0.3, -0.25) is 4.79 Å². The van der Waals surface area contributed by atoms with E-state index in [1.807, 2.05) is 4.90 Å². The first-order chi connectivity index (χ1) is 9.61. The van der Waals surface area contributed by atoms with Gasteiger partial charge in [-0.2, -0.15) is 0 Å². The Morgan fingerprint density at radius 1 is 1.35 bits per heavy atom. The molecule has 0 radical (unpaired) electrons. The Kier molecular flexibility index (Phi) is 3.58. The molecule has 3 rings (SSSR count). The number of urea groups is 1. The van der Waals surface area contributed by atoms with E-state index in [2.05, 4.69) is 5.32 Å². The summed E-state index contributed by atoms with van der Waals surface area (Å²) in [6.07, 6.45) is 3.13. The molecular formula is C14H22N2O4. The third-order valence-corrected chi connectivity index (χ3v) is 5.19. The quantitative estimate of drug-likeness (QED) is 0.735. The molecule has 0 aromatic carbocycles. The van der Waals surface area contributed by atoms with E-state index < -0.39 is 5.97 Å². The van der Waals surface area contributed by atoms with Gasteiger partial charge in [-0.05, 0) is 37.0 Å². The zero-order valence-corrected chi connectivity index (χ0v) is 11.7. The molecule has 1 aliphatic heterocycles. The van der Waals surface area contributed by atoms with Crippen LogP contribution in [0.2, 0.25) is 0 Å². The Labute approximate surface area is 118 Å². The molecule has 6 nitrogen and oxygen atoms in total. The van der Waals surface area contributed by atoms with Crippen molar-refractivity contribution in [3.63, 3.8) is 0 Å². The Bertz CT molecular complexity index is 412. The van der Waals surface area contributed by atoms with E-state index in [0.29, 0.717) is 30.7 Å². The van der Waals surface area contributed by atoms with Crippen molar-refractivity contribution in [1.29, 1.82) is 0 Å². The van der Waals surface area contributed by atoms with Crippen LogP contribution in [0.4, 0.5) is 4.79 Å². The molecule has 2 bridgehead atoms. The SMILES string of the molecule is CO[C@@H]1[C@H]2C[C@@H]3CN(C(=O)NCCCC(=O)O)[C@@H]1[C@H]3C2. The molecule has 1 saturated heterocycles. The van der Waals surface area contributed by atoms with Crippen LogP contribution >= 0.6 is 0 Å². The van der Waals surface area contributed by atoms with Crippen LogP contribution in [-0.2, 0) is 9.53 Å². The van der Waals surface area contributed by atoms with Gasteiger partial charge in [0.05, 0.1) is 12.1 Å². The van der Waals surface area contributed by atoms with Gasteiger partial charge >= 0.3 is 12.0 Å². The van der Waals surface area contributed by atoms with Gasteiger partial charge in [0.25, 0.3) is 0 Å². The van der Waals surface area contributed by atoms with Gasteiger partial charge in [-0.25, -0.2) is 4.79 Å². The Hall–Kier alpha value is -1.30. The van der Waals surface area contributed by atoms with Gasteiger partial charge in [-0.1, -0.05) is 0 Å². The minimum Gasteiger partial charge on any atom is -0.481 e. The van der Waals surface area contributed by atoms with Crippen LogP contribution in [0.1, 0.15) is 25.7 Å². The van der Waals surface area contributed by atoms with Gasteiger partial charge in [0.1, 0.15) is 0 Å². The van der Waals surface area contributed by atoms with Crippen LogP contribution in [-0.4, -0.2) is 54.4 Å². The second kappa shape index (κ2) is 5.24. The van der Waals surface area contributed by atoms with Crippen LogP contribution < -0.4 is 5.32 Å². The maximum Gasteiger partial charge on any atom is 0.317 e. The average Bonchev–Trinajstić information content (AvgIpc) is 3.01. The Morgan fingerprint density at radius 3 is 2.85 bits per heavy atom. The summed E-state index contributed by atoms with van der Waals surface area (Å²) in [5, 5.41) is 11.4. The number of ether oxygens (including phenoxy) is 1. The zero-order valence-electron chi connectivity index (χ0n) is 11.7. The summed E-state index contributed by atoms with van der Waals surface area (Å²) < 4.78 is 5.61. The fourth-order valence-electron chi connectivity index (χ4n) is 4.49. The molecule has 0 aromatic rings. The number of nitrogens with zero attached hydrogens (tertiary/aromatic N) is 1. The van der Waals surface area contributed by atoms with Gasteiger partial charge in [0.2, 0.25) is 0 Å². The molecule has 0 spiro atoms. The number of carbonyl (C=O) groups excluding carboxylic acids is 1. The van der Waals surface area contributed by atoms with Gasteiger partial charge in [0, 0.05) is 26.6 Å². The predicted octanol–water partition coefficient (Wildman–Crippen LogP) is 0.916. The highest BCUT2D eigenvalue weighted by atomic mass is 16.5. The van der Waals surface area contributed by atoms with Crippen molar-refractivity contribution >= 4 is 12.0 Å². The molecule has 3 fully saturated rings. The van der Waals surface area contributed by atoms with Crippen molar-refractivity contribution < 1.29 is 19.4 Å². The third kappa shape index (κ3) is 2.16. The van der Waals surface area contributed by atoms with E-state index in [1.54, 1.807) is 7.11 Å². The summed E-state index contributed by atoms with van der Waals surface area (Å²) >= 11 is 0. The number of amides is 2. The molecule has 3 aliphatic rings. The minimum absolute atomic E-state index is 0.0579. The highest BCUT2D eigenvalue weighted by molar-refractivity contribution is 5.75. The molecule has 2 amide bonds. The zero-order chi connectivity index (χ0) is 14.3. The van der Waals surface area contributed by atoms with E-state index in [-0.39, 0.29) is 24.6 Å². The predicted molar refractivity (Wildman–Crippen MR) is 71.3 cm³/mol. The van der Waals surface area contributed by atoms with E-state index in [1.165, 1.54) is 12.8 Å². The lowest BCUT2D eigenvalue weighted by Crippen LogP contribution is -2.48. The number of likely N-dealkylation sites (tertiary alicyclic amines) is 1. The molecular weight excluding hydrogens is 260 g/mol. The number of carboxylic acid groups (broad SMARTS) is 1. The van der Waals surface area contributed by atoms with E-state index in [4.69, 9.17) is 9.84 Å². The highest BCUT2D eigenvalue weighted by Gasteiger charge is 2.60. The van der Waals surface area contributed by atoms with Crippen molar-refractivity contribution in [2.75, 3.05) is 20.2 Å². The standard InChI is InChI=1S/C14H22N2O4/c1-20-13-8-5-9-7-16(12(13)10(9)6-8)14(19)15-4-2-3-11(17)18/h8-10,12-13H,2-7H2,1H3,(H,15,19)(H,17,18)/t8-,9+,10-,12+,13+/m0/s1. The largest absolute Gasteiger partial charge is 0.481 e. The van der Waals surface area contributed by atoms with Gasteiger partial charge in [-0.15, -0.1) is 0 Å². The van der Waals surface area contributed by atoms with E-state index in [0.717, 1.165) is 6.54 Å². The van der Waals surface area contributed by atoms with Gasteiger partial charge < -0.3 is 20.1 Å². The summed E-state index contributed by atoms with van der Waals surface area (Å²) in [6.45, 7) is 1.25. The summed E-state index contributed by atoms with van der Waals surface area (Å²) in [6, 6.07) is 0.167. The maximum absolute atomic E-state index is 12.3. The van der Waals surface area contributed by atoms with Crippen LogP contribution in [0.15, 0.2) is 0 Å². The van der Waals surface area contributed by atoms with E-state index in [9.17, 15) is 9.59 Å². The molecule has 112 valence electrons. The first-order valence-electron chi connectivity index (χ1n) is 7.41. The molecule has 5 atom stereocenters. The number of hydrogen-bond donors (Lipinski definition) is 2. The highest BCUT2D eigenvalue weighted by Crippen LogP contribution is 2.55. The third-order valence-electron chi connectivity index (χ3n) is 5.19. The number of carbonyl (C=O) groups is 2. The lowest BCUT2D eigenvalue weighted by Gasteiger charge is -2.31. The topological polar surface area (TPSA) is 78.9 Å². The first kappa shape index (κ1) is 13.7. The van der Waals surface area contributed by atoms with Crippen molar-refractivity contribution in [1.82, 2.24) is 10.2 Å². The Balaban J connectivity index is 1.55. The summed E-state index contributed by atoms with van der Waals surface area (Å²) in [4.78, 5) is 24.6. The van der Waals surface area contributed by atoms with Crippen molar-refractivity contribution in [3.05, 3.63) is 0 Å². The second-order valence-corrected chi connectivity index (χ2v) is 6.23. The van der Waals surface area contributed by atoms with Crippen LogP contribution in [0, 0.1) is 17.8 Å². The fourth-order valence-corrected chi connectivity index (χ4v) is 4.49. The lowest BCUT2D eigenvalue weighted by atomic mass is 9.88. The number of methoxy groups -OCH3 is 1. The van der Waals surface area contributed by atoms with Gasteiger partial charge in [0.15, 0.2) is 0 Å². The smallest absolute Gasteiger partial charge is 0.317 e. The number of rotatable bonds is 5. The van der Waals surface area contributed by atoms with Crippen LogP contribution in [0.3, 0.4) is 0 Å². The Morgan fingerprint density at radius 2 is 2.15 bits per heavy atom. The maximum atomic E-state index is 12.3. The number of hydrogen-bond acceptors (Lipinski definition) is 3. The number of aliphatic carboxylic acids is 1. The second-order valence-electron chi connectivity index (χ2n) is 6.23. The summed E-state index contributed by atoms with van der Waals surface area (Å²) in [7, 11) is 1.74. The van der Waals surface area contributed by atoms with Crippen molar-refractivity contribution in [2.45, 2.75) is 37.8 Å². The molecule has 2 saturated carbocycles. The molecule has 1 heterocycles. The molecule has 0 unspecified atom stereocenters. The molecule has 0 aromatic heterocycles.